The number of benzene rings is 1. The fourth-order valence-electron chi connectivity index (χ4n) is 2.03. The molecule has 3 nitrogen and oxygen atoms in total. The molecule has 5 heteroatoms. The number of thioether (sulfide) groups is 1. The Morgan fingerprint density at radius 1 is 1.50 bits per heavy atom. The maximum Gasteiger partial charge on any atom is 0.154 e. The van der Waals surface area contributed by atoms with Gasteiger partial charge in [-0.2, -0.15) is 0 Å². The number of para-hydroxylation sites is 1. The van der Waals surface area contributed by atoms with Gasteiger partial charge in [0.1, 0.15) is 10.8 Å². The average Bonchev–Trinajstić information content (AvgIpc) is 2.82. The highest BCUT2D eigenvalue weighted by Gasteiger charge is 2.33. The Morgan fingerprint density at radius 2 is 2.30 bits per heavy atom. The summed E-state index contributed by atoms with van der Waals surface area (Å²) in [7, 11) is 0. The van der Waals surface area contributed by atoms with Gasteiger partial charge >= 0.3 is 0 Å². The molecule has 1 heterocycles. The van der Waals surface area contributed by atoms with E-state index in [4.69, 9.17) is 21.2 Å². The lowest BCUT2D eigenvalue weighted by atomic mass is 10.1. The highest BCUT2D eigenvalue weighted by molar-refractivity contribution is 8.13. The summed E-state index contributed by atoms with van der Waals surface area (Å²) in [5.74, 6) is 2.27. The lowest BCUT2D eigenvalue weighted by Gasteiger charge is -2.16. The monoisotopic (exact) mass is 313 g/mol. The predicted octanol–water partition coefficient (Wildman–Crippen LogP) is 4.36. The normalized spacial score (nSPS) is 21.5. The molecule has 110 valence electrons. The number of aryl methyl sites for hydroxylation is 1. The number of oxime groups is 1. The Hall–Kier alpha value is -0.870. The minimum Gasteiger partial charge on any atom is -0.493 e. The van der Waals surface area contributed by atoms with Crippen molar-refractivity contribution in [2.24, 2.45) is 5.16 Å². The Bertz CT molecular complexity index is 507. The molecule has 0 amide bonds. The summed E-state index contributed by atoms with van der Waals surface area (Å²) in [6, 6.07) is 6.23. The van der Waals surface area contributed by atoms with Crippen molar-refractivity contribution < 1.29 is 9.57 Å². The molecule has 1 aromatic carbocycles. The molecular formula is C15H20ClNO2S. The van der Waals surface area contributed by atoms with Crippen molar-refractivity contribution in [3.8, 4) is 5.75 Å². The first-order chi connectivity index (χ1) is 9.58. The molecule has 1 atom stereocenters. The molecule has 2 rings (SSSR count). The van der Waals surface area contributed by atoms with E-state index in [9.17, 15) is 0 Å². The van der Waals surface area contributed by atoms with Crippen LogP contribution < -0.4 is 4.74 Å². The van der Waals surface area contributed by atoms with Gasteiger partial charge in [0.15, 0.2) is 5.60 Å². The van der Waals surface area contributed by atoms with Crippen molar-refractivity contribution in [3.63, 3.8) is 0 Å². The SMILES string of the molecule is CCOc1c(C)cccc1CSC1=NOC(C)(CCl)C1. The quantitative estimate of drug-likeness (QED) is 0.757. The highest BCUT2D eigenvalue weighted by atomic mass is 35.5. The van der Waals surface area contributed by atoms with E-state index in [0.717, 1.165) is 23.0 Å². The van der Waals surface area contributed by atoms with Crippen molar-refractivity contribution >= 4 is 28.4 Å². The Kier molecular flexibility index (Phi) is 5.22. The maximum absolute atomic E-state index is 5.89. The summed E-state index contributed by atoms with van der Waals surface area (Å²) in [6.45, 7) is 6.73. The van der Waals surface area contributed by atoms with E-state index in [1.165, 1.54) is 11.1 Å². The molecule has 1 aromatic rings. The molecule has 0 bridgehead atoms. The van der Waals surface area contributed by atoms with Crippen LogP contribution in [-0.2, 0) is 10.6 Å². The molecule has 0 radical (unpaired) electrons. The fourth-order valence-corrected chi connectivity index (χ4v) is 3.22. The third-order valence-electron chi connectivity index (χ3n) is 3.15. The summed E-state index contributed by atoms with van der Waals surface area (Å²) in [5, 5.41) is 5.12. The van der Waals surface area contributed by atoms with Gasteiger partial charge in [-0.25, -0.2) is 0 Å². The number of hydrogen-bond donors (Lipinski definition) is 0. The fraction of sp³-hybridized carbons (Fsp3) is 0.533. The number of ether oxygens (including phenoxy) is 1. The van der Waals surface area contributed by atoms with Crippen LogP contribution in [0.1, 0.15) is 31.4 Å². The van der Waals surface area contributed by atoms with E-state index in [0.29, 0.717) is 12.5 Å². The van der Waals surface area contributed by atoms with Crippen LogP contribution in [0.15, 0.2) is 23.4 Å². The van der Waals surface area contributed by atoms with Gasteiger partial charge < -0.3 is 9.57 Å². The molecule has 20 heavy (non-hydrogen) atoms. The smallest absolute Gasteiger partial charge is 0.154 e. The lowest BCUT2D eigenvalue weighted by Crippen LogP contribution is -2.26. The molecule has 0 spiro atoms. The number of halogens is 1. The Morgan fingerprint density at radius 3 is 2.95 bits per heavy atom. The number of rotatable bonds is 5. The van der Waals surface area contributed by atoms with Gasteiger partial charge in [-0.1, -0.05) is 23.4 Å². The van der Waals surface area contributed by atoms with Gasteiger partial charge in [0.25, 0.3) is 0 Å². The second-order valence-corrected chi connectivity index (χ2v) is 6.44. The van der Waals surface area contributed by atoms with E-state index in [1.807, 2.05) is 13.8 Å². The minimum atomic E-state index is -0.348. The molecule has 0 aliphatic carbocycles. The van der Waals surface area contributed by atoms with E-state index < -0.39 is 0 Å². The summed E-state index contributed by atoms with van der Waals surface area (Å²) in [6.07, 6.45) is 0.775. The van der Waals surface area contributed by atoms with E-state index in [2.05, 4.69) is 30.3 Å². The first kappa shape index (κ1) is 15.5. The molecule has 0 aromatic heterocycles. The Balaban J connectivity index is 2.00. The van der Waals surface area contributed by atoms with E-state index in [-0.39, 0.29) is 5.60 Å². The van der Waals surface area contributed by atoms with Crippen LogP contribution in [0.25, 0.3) is 0 Å². The van der Waals surface area contributed by atoms with Crippen molar-refractivity contribution in [2.45, 2.75) is 38.5 Å². The topological polar surface area (TPSA) is 30.8 Å². The first-order valence-corrected chi connectivity index (χ1v) is 8.25. The van der Waals surface area contributed by atoms with Crippen LogP contribution in [0.3, 0.4) is 0 Å². The highest BCUT2D eigenvalue weighted by Crippen LogP contribution is 2.33. The minimum absolute atomic E-state index is 0.348. The van der Waals surface area contributed by atoms with Gasteiger partial charge in [-0.15, -0.1) is 23.4 Å². The third kappa shape index (κ3) is 3.61. The number of hydrogen-bond acceptors (Lipinski definition) is 4. The van der Waals surface area contributed by atoms with Crippen LogP contribution in [0.4, 0.5) is 0 Å². The van der Waals surface area contributed by atoms with Crippen molar-refractivity contribution in [1.29, 1.82) is 0 Å². The Labute approximate surface area is 129 Å². The van der Waals surface area contributed by atoms with Gasteiger partial charge in [0.05, 0.1) is 12.5 Å². The van der Waals surface area contributed by atoms with Crippen LogP contribution >= 0.6 is 23.4 Å². The first-order valence-electron chi connectivity index (χ1n) is 6.73. The summed E-state index contributed by atoms with van der Waals surface area (Å²) < 4.78 is 5.74. The van der Waals surface area contributed by atoms with Gasteiger partial charge in [-0.3, -0.25) is 0 Å². The molecule has 1 aliphatic heterocycles. The molecule has 1 aliphatic rings. The second-order valence-electron chi connectivity index (χ2n) is 5.12. The van der Waals surface area contributed by atoms with E-state index >= 15 is 0 Å². The second kappa shape index (κ2) is 6.72. The number of nitrogens with zero attached hydrogens (tertiary/aromatic N) is 1. The molecule has 0 fully saturated rings. The van der Waals surface area contributed by atoms with Gasteiger partial charge in [0, 0.05) is 17.7 Å². The zero-order valence-corrected chi connectivity index (χ0v) is 13.7. The zero-order chi connectivity index (χ0) is 14.6. The molecule has 0 saturated carbocycles. The van der Waals surface area contributed by atoms with Crippen molar-refractivity contribution in [3.05, 3.63) is 29.3 Å². The standard InChI is InChI=1S/C15H20ClNO2S/c1-4-18-14-11(2)6-5-7-12(14)9-20-13-8-15(3,10-16)19-17-13/h5-7H,4,8-10H2,1-3H3. The summed E-state index contributed by atoms with van der Waals surface area (Å²) >= 11 is 7.58. The molecular weight excluding hydrogens is 294 g/mol. The molecule has 1 unspecified atom stereocenters. The summed E-state index contributed by atoms with van der Waals surface area (Å²) in [4.78, 5) is 5.40. The third-order valence-corrected chi connectivity index (χ3v) is 4.72. The zero-order valence-electron chi connectivity index (χ0n) is 12.1. The van der Waals surface area contributed by atoms with Crippen molar-refractivity contribution in [1.82, 2.24) is 0 Å². The predicted molar refractivity (Wildman–Crippen MR) is 85.9 cm³/mol. The summed E-state index contributed by atoms with van der Waals surface area (Å²) in [5.41, 5.74) is 2.01. The van der Waals surface area contributed by atoms with Gasteiger partial charge in [-0.05, 0) is 26.3 Å². The molecule has 0 N–H and O–H groups in total. The molecule has 0 saturated heterocycles. The van der Waals surface area contributed by atoms with Crippen LogP contribution in [-0.4, -0.2) is 23.1 Å². The van der Waals surface area contributed by atoms with E-state index in [1.54, 1.807) is 11.8 Å². The van der Waals surface area contributed by atoms with Crippen molar-refractivity contribution in [2.75, 3.05) is 12.5 Å². The number of alkyl halides is 1. The maximum atomic E-state index is 5.89. The largest absolute Gasteiger partial charge is 0.493 e. The van der Waals surface area contributed by atoms with Crippen LogP contribution in [0, 0.1) is 6.92 Å². The van der Waals surface area contributed by atoms with Crippen LogP contribution in [0.2, 0.25) is 0 Å². The lowest BCUT2D eigenvalue weighted by molar-refractivity contribution is 0.0152. The average molecular weight is 314 g/mol. The van der Waals surface area contributed by atoms with Crippen LogP contribution in [0.5, 0.6) is 5.75 Å². The van der Waals surface area contributed by atoms with Gasteiger partial charge in [0.2, 0.25) is 0 Å².